The van der Waals surface area contributed by atoms with E-state index in [2.05, 4.69) is 10.3 Å². The van der Waals surface area contributed by atoms with Crippen LogP contribution < -0.4 is 11.1 Å². The Balaban J connectivity index is 2.00. The third-order valence-corrected chi connectivity index (χ3v) is 3.04. The number of amides is 1. The van der Waals surface area contributed by atoms with Crippen molar-refractivity contribution >= 4 is 17.0 Å². The molecule has 108 valence electrons. The van der Waals surface area contributed by atoms with E-state index in [9.17, 15) is 9.59 Å². The summed E-state index contributed by atoms with van der Waals surface area (Å²) in [6.45, 7) is 4.16. The van der Waals surface area contributed by atoms with Crippen molar-refractivity contribution in [1.29, 1.82) is 0 Å². The Hall–Kier alpha value is -2.08. The van der Waals surface area contributed by atoms with Gasteiger partial charge in [-0.15, -0.1) is 0 Å². The van der Waals surface area contributed by atoms with Gasteiger partial charge in [0.25, 0.3) is 0 Å². The number of H-pyrrole nitrogens is 1. The van der Waals surface area contributed by atoms with Crippen molar-refractivity contribution < 1.29 is 14.3 Å². The van der Waals surface area contributed by atoms with Crippen molar-refractivity contribution in [2.45, 2.75) is 20.3 Å². The highest BCUT2D eigenvalue weighted by Crippen LogP contribution is 2.14. The molecule has 0 saturated heterocycles. The standard InChI is InChI=1S/C14H18N2O4/c1-14(2,8-17)7-15-12(18)6-9-3-4-11-10(5-9)16-13(19)20-11/h3-5,17H,6-8H2,1-2H3,(H,15,18)(H,16,19). The molecule has 1 amide bonds. The van der Waals surface area contributed by atoms with Crippen LogP contribution in [0.5, 0.6) is 0 Å². The fraction of sp³-hybridized carbons (Fsp3) is 0.429. The molecule has 0 aliphatic carbocycles. The van der Waals surface area contributed by atoms with Crippen LogP contribution in [0.3, 0.4) is 0 Å². The van der Waals surface area contributed by atoms with E-state index in [-0.39, 0.29) is 24.3 Å². The van der Waals surface area contributed by atoms with E-state index >= 15 is 0 Å². The van der Waals surface area contributed by atoms with Crippen LogP contribution in [0.25, 0.3) is 11.1 Å². The smallest absolute Gasteiger partial charge is 0.408 e. The number of carbonyl (C=O) groups excluding carboxylic acids is 1. The Kier molecular flexibility index (Phi) is 3.94. The molecule has 0 saturated carbocycles. The summed E-state index contributed by atoms with van der Waals surface area (Å²) in [5, 5.41) is 11.9. The first-order valence-electron chi connectivity index (χ1n) is 6.39. The highest BCUT2D eigenvalue weighted by molar-refractivity contribution is 5.80. The molecule has 20 heavy (non-hydrogen) atoms. The Morgan fingerprint density at radius 2 is 2.20 bits per heavy atom. The van der Waals surface area contributed by atoms with E-state index in [4.69, 9.17) is 9.52 Å². The van der Waals surface area contributed by atoms with Crippen LogP contribution in [-0.4, -0.2) is 29.1 Å². The van der Waals surface area contributed by atoms with Crippen LogP contribution in [0.4, 0.5) is 0 Å². The number of fused-ring (bicyclic) bond motifs is 1. The lowest BCUT2D eigenvalue weighted by atomic mass is 9.95. The highest BCUT2D eigenvalue weighted by atomic mass is 16.4. The van der Waals surface area contributed by atoms with E-state index in [1.165, 1.54) is 0 Å². The second-order valence-electron chi connectivity index (χ2n) is 5.62. The summed E-state index contributed by atoms with van der Waals surface area (Å²) < 4.78 is 4.90. The third-order valence-electron chi connectivity index (χ3n) is 3.04. The Morgan fingerprint density at radius 1 is 1.45 bits per heavy atom. The molecule has 0 spiro atoms. The molecular weight excluding hydrogens is 260 g/mol. The molecule has 0 bridgehead atoms. The molecule has 1 heterocycles. The molecule has 0 aliphatic heterocycles. The number of hydrogen-bond acceptors (Lipinski definition) is 4. The lowest BCUT2D eigenvalue weighted by Crippen LogP contribution is -2.36. The number of hydrogen-bond donors (Lipinski definition) is 3. The fourth-order valence-corrected chi connectivity index (χ4v) is 1.75. The van der Waals surface area contributed by atoms with E-state index in [1.54, 1.807) is 18.2 Å². The van der Waals surface area contributed by atoms with Crippen LogP contribution in [0.2, 0.25) is 0 Å². The molecule has 2 aromatic rings. The van der Waals surface area contributed by atoms with Crippen molar-refractivity contribution in [3.8, 4) is 0 Å². The molecule has 3 N–H and O–H groups in total. The lowest BCUT2D eigenvalue weighted by Gasteiger charge is -2.21. The van der Waals surface area contributed by atoms with Gasteiger partial charge in [-0.2, -0.15) is 0 Å². The number of aromatic amines is 1. The van der Waals surface area contributed by atoms with E-state index in [0.717, 1.165) is 5.56 Å². The molecule has 0 unspecified atom stereocenters. The molecule has 0 aliphatic rings. The van der Waals surface area contributed by atoms with Crippen molar-refractivity contribution in [2.24, 2.45) is 5.41 Å². The highest BCUT2D eigenvalue weighted by Gasteiger charge is 2.17. The summed E-state index contributed by atoms with van der Waals surface area (Å²) in [4.78, 5) is 25.4. The van der Waals surface area contributed by atoms with E-state index < -0.39 is 5.76 Å². The molecule has 0 radical (unpaired) electrons. The second kappa shape index (κ2) is 5.50. The number of rotatable bonds is 5. The van der Waals surface area contributed by atoms with Gasteiger partial charge >= 0.3 is 5.76 Å². The zero-order valence-corrected chi connectivity index (χ0v) is 11.5. The molecule has 6 nitrogen and oxygen atoms in total. The first-order chi connectivity index (χ1) is 9.39. The average molecular weight is 278 g/mol. The van der Waals surface area contributed by atoms with Crippen molar-refractivity contribution in [3.63, 3.8) is 0 Å². The zero-order chi connectivity index (χ0) is 14.8. The van der Waals surface area contributed by atoms with Crippen molar-refractivity contribution in [1.82, 2.24) is 10.3 Å². The summed E-state index contributed by atoms with van der Waals surface area (Å²) in [5.74, 6) is -0.636. The summed E-state index contributed by atoms with van der Waals surface area (Å²) in [7, 11) is 0. The van der Waals surface area contributed by atoms with Crippen LogP contribution in [0, 0.1) is 5.41 Å². The van der Waals surface area contributed by atoms with Gasteiger partial charge in [-0.05, 0) is 17.7 Å². The SMILES string of the molecule is CC(C)(CO)CNC(=O)Cc1ccc2oc(=O)[nH]c2c1. The second-order valence-corrected chi connectivity index (χ2v) is 5.62. The maximum Gasteiger partial charge on any atom is 0.417 e. The molecule has 0 atom stereocenters. The van der Waals surface area contributed by atoms with Crippen LogP contribution >= 0.6 is 0 Å². The number of oxazole rings is 1. The topological polar surface area (TPSA) is 95.3 Å². The minimum Gasteiger partial charge on any atom is -0.408 e. The average Bonchev–Trinajstić information content (AvgIpc) is 2.76. The Labute approximate surface area is 115 Å². The van der Waals surface area contributed by atoms with Gasteiger partial charge in [0.15, 0.2) is 5.58 Å². The van der Waals surface area contributed by atoms with Crippen molar-refractivity contribution in [3.05, 3.63) is 34.3 Å². The molecule has 1 aromatic carbocycles. The Morgan fingerprint density at radius 3 is 2.90 bits per heavy atom. The van der Waals surface area contributed by atoms with Gasteiger partial charge in [0, 0.05) is 18.6 Å². The van der Waals surface area contributed by atoms with Crippen LogP contribution in [-0.2, 0) is 11.2 Å². The van der Waals surface area contributed by atoms with Gasteiger partial charge in [0.1, 0.15) is 0 Å². The van der Waals surface area contributed by atoms with Gasteiger partial charge < -0.3 is 14.8 Å². The van der Waals surface area contributed by atoms with Crippen LogP contribution in [0.1, 0.15) is 19.4 Å². The zero-order valence-electron chi connectivity index (χ0n) is 11.5. The summed E-state index contributed by atoms with van der Waals surface area (Å²) in [6.07, 6.45) is 0.213. The van der Waals surface area contributed by atoms with E-state index in [0.29, 0.717) is 17.6 Å². The summed E-state index contributed by atoms with van der Waals surface area (Å²) >= 11 is 0. The number of aliphatic hydroxyl groups excluding tert-OH is 1. The van der Waals surface area contributed by atoms with Crippen molar-refractivity contribution in [2.75, 3.05) is 13.2 Å². The summed E-state index contributed by atoms with van der Waals surface area (Å²) in [5.41, 5.74) is 1.50. The van der Waals surface area contributed by atoms with E-state index in [1.807, 2.05) is 13.8 Å². The fourth-order valence-electron chi connectivity index (χ4n) is 1.75. The normalized spacial score (nSPS) is 11.8. The quantitative estimate of drug-likeness (QED) is 0.753. The summed E-state index contributed by atoms with van der Waals surface area (Å²) in [6, 6.07) is 5.13. The maximum atomic E-state index is 11.8. The number of nitrogens with one attached hydrogen (secondary N) is 2. The molecule has 1 aromatic heterocycles. The molecule has 6 heteroatoms. The van der Waals surface area contributed by atoms with Gasteiger partial charge in [-0.25, -0.2) is 4.79 Å². The monoisotopic (exact) mass is 278 g/mol. The van der Waals surface area contributed by atoms with Gasteiger partial charge in [-0.1, -0.05) is 19.9 Å². The first kappa shape index (κ1) is 14.3. The minimum absolute atomic E-state index is 0.00942. The van der Waals surface area contributed by atoms with Crippen LogP contribution in [0.15, 0.2) is 27.4 Å². The number of carbonyl (C=O) groups is 1. The predicted octanol–water partition coefficient (Wildman–Crippen LogP) is 0.798. The Bertz CT molecular complexity index is 669. The number of benzene rings is 1. The number of aliphatic hydroxyl groups is 1. The first-order valence-corrected chi connectivity index (χ1v) is 6.39. The lowest BCUT2D eigenvalue weighted by molar-refractivity contribution is -0.121. The molecule has 0 fully saturated rings. The predicted molar refractivity (Wildman–Crippen MR) is 74.4 cm³/mol. The van der Waals surface area contributed by atoms with Gasteiger partial charge in [-0.3, -0.25) is 9.78 Å². The third kappa shape index (κ3) is 3.48. The van der Waals surface area contributed by atoms with Gasteiger partial charge in [0.2, 0.25) is 5.91 Å². The number of aromatic nitrogens is 1. The van der Waals surface area contributed by atoms with Gasteiger partial charge in [0.05, 0.1) is 11.9 Å². The molecule has 2 rings (SSSR count). The maximum absolute atomic E-state index is 11.8. The molecular formula is C14H18N2O4. The minimum atomic E-state index is -0.508. The largest absolute Gasteiger partial charge is 0.417 e.